The predicted octanol–water partition coefficient (Wildman–Crippen LogP) is 5.09. The van der Waals surface area contributed by atoms with E-state index in [1.54, 1.807) is 73.8 Å². The Morgan fingerprint density at radius 1 is 1.00 bits per heavy atom. The molecule has 1 N–H and O–H groups in total. The summed E-state index contributed by atoms with van der Waals surface area (Å²) < 4.78 is 11.3. The van der Waals surface area contributed by atoms with Crippen molar-refractivity contribution in [1.29, 1.82) is 0 Å². The summed E-state index contributed by atoms with van der Waals surface area (Å²) >= 11 is 9.22. The lowest BCUT2D eigenvalue weighted by Gasteiger charge is -2.08. The van der Waals surface area contributed by atoms with Crippen LogP contribution < -0.4 is 14.9 Å². The average Bonchev–Trinajstić information content (AvgIpc) is 2.76. The van der Waals surface area contributed by atoms with E-state index in [0.717, 1.165) is 4.47 Å². The second-order valence-corrected chi connectivity index (χ2v) is 7.36. The van der Waals surface area contributed by atoms with Gasteiger partial charge < -0.3 is 9.47 Å². The van der Waals surface area contributed by atoms with Gasteiger partial charge in [0, 0.05) is 20.6 Å². The van der Waals surface area contributed by atoms with E-state index in [0.29, 0.717) is 33.2 Å². The molecule has 0 aliphatic heterocycles. The van der Waals surface area contributed by atoms with Crippen LogP contribution >= 0.6 is 27.5 Å². The van der Waals surface area contributed by atoms with Crippen LogP contribution in [0.1, 0.15) is 26.3 Å². The number of benzene rings is 3. The van der Waals surface area contributed by atoms with Gasteiger partial charge in [0.05, 0.1) is 18.9 Å². The van der Waals surface area contributed by atoms with Crippen LogP contribution in [-0.4, -0.2) is 25.2 Å². The minimum Gasteiger partial charge on any atom is -0.497 e. The highest BCUT2D eigenvalue weighted by Gasteiger charge is 2.12. The minimum absolute atomic E-state index is 0.292. The normalized spacial score (nSPS) is 10.6. The summed E-state index contributed by atoms with van der Waals surface area (Å²) in [6.07, 6.45) is 1.40. The summed E-state index contributed by atoms with van der Waals surface area (Å²) in [6.45, 7) is 0. The number of nitrogens with one attached hydrogen (secondary N) is 1. The Balaban J connectivity index is 1.71. The van der Waals surface area contributed by atoms with Gasteiger partial charge in [0.15, 0.2) is 0 Å². The van der Waals surface area contributed by atoms with Crippen molar-refractivity contribution in [3.05, 3.63) is 92.9 Å². The largest absolute Gasteiger partial charge is 0.497 e. The lowest BCUT2D eigenvalue weighted by molar-refractivity contribution is 0.0734. The number of carbonyl (C=O) groups is 2. The molecule has 152 valence electrons. The van der Waals surface area contributed by atoms with Gasteiger partial charge in [0.1, 0.15) is 11.5 Å². The molecule has 0 atom stereocenters. The number of halogens is 2. The van der Waals surface area contributed by atoms with E-state index < -0.39 is 5.97 Å². The van der Waals surface area contributed by atoms with E-state index >= 15 is 0 Å². The van der Waals surface area contributed by atoms with Crippen molar-refractivity contribution in [3.63, 3.8) is 0 Å². The molecule has 0 fully saturated rings. The first kappa shape index (κ1) is 21.5. The maximum absolute atomic E-state index is 12.4. The zero-order valence-electron chi connectivity index (χ0n) is 15.8. The molecule has 0 aliphatic rings. The highest BCUT2D eigenvalue weighted by molar-refractivity contribution is 9.10. The summed E-state index contributed by atoms with van der Waals surface area (Å²) in [5, 5.41) is 4.49. The molecule has 0 aliphatic carbocycles. The number of carbonyl (C=O) groups excluding carboxylic acids is 2. The molecular formula is C22H16BrClN2O4. The van der Waals surface area contributed by atoms with E-state index in [2.05, 4.69) is 26.5 Å². The standard InChI is InChI=1S/C22H16BrClN2O4/c1-29-19-9-4-14(5-10-19)21(27)26-25-13-16-12-17(23)6-11-20(16)30-22(28)15-2-7-18(24)8-3-15/h2-13H,1H3,(H,26,27)/b25-13-. The van der Waals surface area contributed by atoms with Crippen molar-refractivity contribution in [1.82, 2.24) is 5.43 Å². The van der Waals surface area contributed by atoms with E-state index in [1.807, 2.05) is 0 Å². The first-order valence-electron chi connectivity index (χ1n) is 8.71. The molecule has 3 aromatic rings. The Kier molecular flexibility index (Phi) is 7.21. The second kappa shape index (κ2) is 10.0. The van der Waals surface area contributed by atoms with Crippen LogP contribution in [0.15, 0.2) is 76.3 Å². The number of amides is 1. The molecule has 0 saturated heterocycles. The van der Waals surface area contributed by atoms with Crippen LogP contribution in [0.2, 0.25) is 5.02 Å². The summed E-state index contributed by atoms with van der Waals surface area (Å²) in [6, 6.07) is 18.1. The van der Waals surface area contributed by atoms with Gasteiger partial charge in [-0.1, -0.05) is 27.5 Å². The fourth-order valence-electron chi connectivity index (χ4n) is 2.43. The Hall–Kier alpha value is -3.16. The van der Waals surface area contributed by atoms with Crippen molar-refractivity contribution in [2.24, 2.45) is 5.10 Å². The van der Waals surface area contributed by atoms with Crippen molar-refractivity contribution in [3.8, 4) is 11.5 Å². The molecular weight excluding hydrogens is 472 g/mol. The first-order chi connectivity index (χ1) is 14.5. The maximum Gasteiger partial charge on any atom is 0.343 e. The monoisotopic (exact) mass is 486 g/mol. The number of hydrogen-bond donors (Lipinski definition) is 1. The number of methoxy groups -OCH3 is 1. The molecule has 6 nitrogen and oxygen atoms in total. The SMILES string of the molecule is COc1ccc(C(=O)N/N=C\c2cc(Br)ccc2OC(=O)c2ccc(Cl)cc2)cc1. The zero-order chi connectivity index (χ0) is 21.5. The van der Waals surface area contributed by atoms with Gasteiger partial charge in [0.2, 0.25) is 0 Å². The van der Waals surface area contributed by atoms with Crippen molar-refractivity contribution >= 4 is 45.6 Å². The zero-order valence-corrected chi connectivity index (χ0v) is 18.1. The number of hydrogen-bond acceptors (Lipinski definition) is 5. The predicted molar refractivity (Wildman–Crippen MR) is 119 cm³/mol. The smallest absolute Gasteiger partial charge is 0.343 e. The lowest BCUT2D eigenvalue weighted by atomic mass is 10.2. The molecule has 1 amide bonds. The van der Waals surface area contributed by atoms with Gasteiger partial charge >= 0.3 is 5.97 Å². The van der Waals surface area contributed by atoms with Crippen LogP contribution in [0.25, 0.3) is 0 Å². The summed E-state index contributed by atoms with van der Waals surface area (Å²) in [5.41, 5.74) is 3.73. The van der Waals surface area contributed by atoms with Crippen molar-refractivity contribution in [2.75, 3.05) is 7.11 Å². The highest BCUT2D eigenvalue weighted by Crippen LogP contribution is 2.23. The second-order valence-electron chi connectivity index (χ2n) is 6.01. The molecule has 3 aromatic carbocycles. The molecule has 0 spiro atoms. The fourth-order valence-corrected chi connectivity index (χ4v) is 2.93. The Morgan fingerprint density at radius 3 is 2.33 bits per heavy atom. The van der Waals surface area contributed by atoms with E-state index in [4.69, 9.17) is 21.1 Å². The van der Waals surface area contributed by atoms with E-state index in [1.165, 1.54) is 6.21 Å². The number of esters is 1. The average molecular weight is 488 g/mol. The van der Waals surface area contributed by atoms with Gasteiger partial charge in [-0.3, -0.25) is 4.79 Å². The first-order valence-corrected chi connectivity index (χ1v) is 9.88. The van der Waals surface area contributed by atoms with E-state index in [9.17, 15) is 9.59 Å². The molecule has 8 heteroatoms. The lowest BCUT2D eigenvalue weighted by Crippen LogP contribution is -2.17. The molecule has 3 rings (SSSR count). The van der Waals surface area contributed by atoms with Gasteiger partial charge in [-0.25, -0.2) is 10.2 Å². The van der Waals surface area contributed by atoms with Gasteiger partial charge in [-0.15, -0.1) is 0 Å². The molecule has 0 heterocycles. The maximum atomic E-state index is 12.4. The Bertz CT molecular complexity index is 1080. The number of nitrogens with zero attached hydrogens (tertiary/aromatic N) is 1. The topological polar surface area (TPSA) is 77.0 Å². The highest BCUT2D eigenvalue weighted by atomic mass is 79.9. The van der Waals surface area contributed by atoms with Crippen LogP contribution in [-0.2, 0) is 0 Å². The molecule has 0 unspecified atom stereocenters. The van der Waals surface area contributed by atoms with Gasteiger partial charge in [0.25, 0.3) is 5.91 Å². The summed E-state index contributed by atoms with van der Waals surface area (Å²) in [5.74, 6) is 0.0199. The number of rotatable bonds is 6. The molecule has 0 radical (unpaired) electrons. The molecule has 0 aromatic heterocycles. The Labute approximate surface area is 186 Å². The fraction of sp³-hybridized carbons (Fsp3) is 0.0455. The minimum atomic E-state index is -0.536. The third kappa shape index (κ3) is 5.68. The third-order valence-electron chi connectivity index (χ3n) is 3.98. The third-order valence-corrected chi connectivity index (χ3v) is 4.72. The summed E-state index contributed by atoms with van der Waals surface area (Å²) in [4.78, 5) is 24.6. The van der Waals surface area contributed by atoms with E-state index in [-0.39, 0.29) is 5.91 Å². The Morgan fingerprint density at radius 2 is 1.67 bits per heavy atom. The molecule has 30 heavy (non-hydrogen) atoms. The molecule has 0 saturated carbocycles. The number of hydrazone groups is 1. The van der Waals surface area contributed by atoms with Crippen LogP contribution in [0.3, 0.4) is 0 Å². The van der Waals surface area contributed by atoms with Gasteiger partial charge in [-0.2, -0.15) is 5.10 Å². The quantitative estimate of drug-likeness (QED) is 0.227. The van der Waals surface area contributed by atoms with Crippen LogP contribution in [0, 0.1) is 0 Å². The van der Waals surface area contributed by atoms with Crippen molar-refractivity contribution < 1.29 is 19.1 Å². The van der Waals surface area contributed by atoms with Crippen LogP contribution in [0.5, 0.6) is 11.5 Å². The van der Waals surface area contributed by atoms with Crippen molar-refractivity contribution in [2.45, 2.75) is 0 Å². The van der Waals surface area contributed by atoms with Gasteiger partial charge in [-0.05, 0) is 66.7 Å². The number of ether oxygens (including phenoxy) is 2. The van der Waals surface area contributed by atoms with Crippen LogP contribution in [0.4, 0.5) is 0 Å². The molecule has 0 bridgehead atoms. The summed E-state index contributed by atoms with van der Waals surface area (Å²) in [7, 11) is 1.55.